The van der Waals surface area contributed by atoms with Gasteiger partial charge in [0.05, 0.1) is 5.56 Å². The summed E-state index contributed by atoms with van der Waals surface area (Å²) in [7, 11) is 0. The van der Waals surface area contributed by atoms with Crippen molar-refractivity contribution in [3.63, 3.8) is 0 Å². The Morgan fingerprint density at radius 3 is 2.62 bits per heavy atom. The lowest BCUT2D eigenvalue weighted by atomic mass is 10.1. The highest BCUT2D eigenvalue weighted by atomic mass is 16.6. The van der Waals surface area contributed by atoms with Crippen LogP contribution in [0.2, 0.25) is 0 Å². The number of benzene rings is 2. The molecule has 1 N–H and O–H groups in total. The zero-order chi connectivity index (χ0) is 18.9. The van der Waals surface area contributed by atoms with Crippen molar-refractivity contribution in [1.82, 2.24) is 0 Å². The van der Waals surface area contributed by atoms with Gasteiger partial charge >= 0.3 is 0 Å². The lowest BCUT2D eigenvalue weighted by Gasteiger charge is -2.09. The lowest BCUT2D eigenvalue weighted by Crippen LogP contribution is -2.14. The van der Waals surface area contributed by atoms with E-state index in [0.29, 0.717) is 11.3 Å². The molecule has 0 unspecified atom stereocenters. The summed E-state index contributed by atoms with van der Waals surface area (Å²) >= 11 is 0. The average Bonchev–Trinajstić information content (AvgIpc) is 2.62. The predicted molar refractivity (Wildman–Crippen MR) is 101 cm³/mol. The van der Waals surface area contributed by atoms with Crippen molar-refractivity contribution in [2.24, 2.45) is 5.16 Å². The van der Waals surface area contributed by atoms with Crippen LogP contribution in [-0.4, -0.2) is 31.1 Å². The zero-order valence-electron chi connectivity index (χ0n) is 15.1. The number of amides is 1. The Balaban J connectivity index is 1.75. The summed E-state index contributed by atoms with van der Waals surface area (Å²) in [5, 5.41) is 6.38. The number of nitrogens with one attached hydrogen (secondary N) is 1. The van der Waals surface area contributed by atoms with Gasteiger partial charge < -0.3 is 14.9 Å². The third-order valence-corrected chi connectivity index (χ3v) is 3.81. The van der Waals surface area contributed by atoms with Crippen LogP contribution in [0.3, 0.4) is 0 Å². The van der Waals surface area contributed by atoms with E-state index in [4.69, 9.17) is 9.57 Å². The second kappa shape index (κ2) is 9.36. The predicted octanol–water partition coefficient (Wildman–Crippen LogP) is 3.53. The molecule has 0 saturated heterocycles. The molecule has 136 valence electrons. The summed E-state index contributed by atoms with van der Waals surface area (Å²) in [5.41, 5.74) is 3.36. The van der Waals surface area contributed by atoms with Crippen molar-refractivity contribution in [2.45, 2.75) is 20.8 Å². The molecule has 0 saturated carbocycles. The molecule has 0 aromatic heterocycles. The van der Waals surface area contributed by atoms with Gasteiger partial charge in [0.1, 0.15) is 18.6 Å². The van der Waals surface area contributed by atoms with Crippen LogP contribution in [0.25, 0.3) is 0 Å². The quantitative estimate of drug-likeness (QED) is 0.340. The fourth-order valence-electron chi connectivity index (χ4n) is 2.26. The normalized spacial score (nSPS) is 10.6. The molecule has 0 fully saturated rings. The van der Waals surface area contributed by atoms with Gasteiger partial charge in [0.25, 0.3) is 5.91 Å². The summed E-state index contributed by atoms with van der Waals surface area (Å²) in [6.45, 7) is 5.76. The Hall–Kier alpha value is -3.15. The monoisotopic (exact) mass is 354 g/mol. The largest absolute Gasteiger partial charge is 0.489 e. The van der Waals surface area contributed by atoms with Crippen LogP contribution in [0.15, 0.2) is 47.6 Å². The number of anilines is 1. The highest BCUT2D eigenvalue weighted by molar-refractivity contribution is 6.31. The van der Waals surface area contributed by atoms with Crippen LogP contribution in [0.4, 0.5) is 5.69 Å². The molecule has 0 aliphatic heterocycles. The number of hydrogen-bond donors (Lipinski definition) is 1. The number of oxime groups is 1. The number of para-hydroxylation sites is 1. The maximum absolute atomic E-state index is 11.8. The van der Waals surface area contributed by atoms with E-state index in [0.717, 1.165) is 23.0 Å². The first-order chi connectivity index (χ1) is 12.5. The number of aryl methyl sites for hydroxylation is 1. The van der Waals surface area contributed by atoms with Gasteiger partial charge in [-0.1, -0.05) is 29.4 Å². The molecule has 2 aromatic carbocycles. The summed E-state index contributed by atoms with van der Waals surface area (Å²) in [6, 6.07) is 12.7. The molecule has 0 heterocycles. The highest BCUT2D eigenvalue weighted by Crippen LogP contribution is 2.18. The number of hydrogen-bond acceptors (Lipinski definition) is 5. The van der Waals surface area contributed by atoms with Crippen molar-refractivity contribution >= 4 is 23.6 Å². The minimum absolute atomic E-state index is 0.0670. The number of nitrogens with zero attached hydrogens (tertiary/aromatic N) is 1. The molecule has 0 radical (unpaired) electrons. The number of ketones is 1. The standard InChI is InChI=1S/C20H22N2O4/c1-14-7-6-9-18(15(14)2)22-20(24)13-21-26-12-11-25-19-10-5-4-8-17(19)16(3)23/h4-10,13H,11-12H2,1-3H3,(H,22,24). The zero-order valence-corrected chi connectivity index (χ0v) is 15.1. The fraction of sp³-hybridized carbons (Fsp3) is 0.250. The van der Waals surface area contributed by atoms with Crippen molar-refractivity contribution in [1.29, 1.82) is 0 Å². The topological polar surface area (TPSA) is 77.0 Å². The second-order valence-electron chi connectivity index (χ2n) is 5.71. The van der Waals surface area contributed by atoms with E-state index in [-0.39, 0.29) is 24.9 Å². The molecular formula is C20H22N2O4. The molecular weight excluding hydrogens is 332 g/mol. The fourth-order valence-corrected chi connectivity index (χ4v) is 2.26. The highest BCUT2D eigenvalue weighted by Gasteiger charge is 2.07. The third kappa shape index (κ3) is 5.44. The minimum Gasteiger partial charge on any atom is -0.489 e. The Bertz CT molecular complexity index is 815. The van der Waals surface area contributed by atoms with Gasteiger partial charge in [0.2, 0.25) is 0 Å². The van der Waals surface area contributed by atoms with Crippen LogP contribution in [-0.2, 0) is 9.63 Å². The van der Waals surface area contributed by atoms with Gasteiger partial charge in [-0.05, 0) is 50.1 Å². The molecule has 26 heavy (non-hydrogen) atoms. The smallest absolute Gasteiger partial charge is 0.270 e. The van der Waals surface area contributed by atoms with Crippen molar-refractivity contribution < 1.29 is 19.2 Å². The number of ether oxygens (including phenoxy) is 1. The van der Waals surface area contributed by atoms with Crippen LogP contribution in [0.1, 0.15) is 28.4 Å². The average molecular weight is 354 g/mol. The molecule has 1 amide bonds. The SMILES string of the molecule is CC(=O)c1ccccc1OCCON=CC(=O)Nc1cccc(C)c1C. The van der Waals surface area contributed by atoms with Crippen molar-refractivity contribution in [3.05, 3.63) is 59.2 Å². The van der Waals surface area contributed by atoms with Crippen LogP contribution in [0.5, 0.6) is 5.75 Å². The Morgan fingerprint density at radius 1 is 1.08 bits per heavy atom. The van der Waals surface area contributed by atoms with E-state index >= 15 is 0 Å². The van der Waals surface area contributed by atoms with Crippen LogP contribution in [0, 0.1) is 13.8 Å². The molecule has 0 aliphatic carbocycles. The maximum Gasteiger partial charge on any atom is 0.270 e. The first-order valence-electron chi connectivity index (χ1n) is 8.24. The van der Waals surface area contributed by atoms with E-state index in [1.165, 1.54) is 6.92 Å². The molecule has 2 aromatic rings. The minimum atomic E-state index is -0.374. The van der Waals surface area contributed by atoms with Gasteiger partial charge in [0, 0.05) is 5.69 Å². The lowest BCUT2D eigenvalue weighted by molar-refractivity contribution is -0.110. The Kier molecular flexibility index (Phi) is 6.91. The Morgan fingerprint density at radius 2 is 1.85 bits per heavy atom. The van der Waals surface area contributed by atoms with E-state index < -0.39 is 0 Å². The number of carbonyl (C=O) groups excluding carboxylic acids is 2. The van der Waals surface area contributed by atoms with Gasteiger partial charge in [-0.3, -0.25) is 9.59 Å². The number of rotatable bonds is 8. The van der Waals surface area contributed by atoms with Gasteiger partial charge in [-0.25, -0.2) is 0 Å². The van der Waals surface area contributed by atoms with Gasteiger partial charge in [0.15, 0.2) is 12.4 Å². The first-order valence-corrected chi connectivity index (χ1v) is 8.24. The van der Waals surface area contributed by atoms with Gasteiger partial charge in [-0.15, -0.1) is 0 Å². The molecule has 2 rings (SSSR count). The molecule has 0 spiro atoms. The third-order valence-electron chi connectivity index (χ3n) is 3.81. The van der Waals surface area contributed by atoms with E-state index in [1.807, 2.05) is 32.0 Å². The summed E-state index contributed by atoms with van der Waals surface area (Å²) in [6.07, 6.45) is 1.07. The van der Waals surface area contributed by atoms with E-state index in [2.05, 4.69) is 10.5 Å². The molecule has 0 bridgehead atoms. The van der Waals surface area contributed by atoms with Crippen LogP contribution < -0.4 is 10.1 Å². The summed E-state index contributed by atoms with van der Waals surface area (Å²) in [4.78, 5) is 28.3. The number of Topliss-reactive ketones (excluding diaryl/α,β-unsaturated/α-hetero) is 1. The second-order valence-corrected chi connectivity index (χ2v) is 5.71. The molecule has 6 heteroatoms. The van der Waals surface area contributed by atoms with E-state index in [9.17, 15) is 9.59 Å². The Labute approximate surface area is 152 Å². The molecule has 0 atom stereocenters. The maximum atomic E-state index is 11.8. The van der Waals surface area contributed by atoms with E-state index in [1.54, 1.807) is 24.3 Å². The van der Waals surface area contributed by atoms with Crippen LogP contribution >= 0.6 is 0 Å². The van der Waals surface area contributed by atoms with Gasteiger partial charge in [-0.2, -0.15) is 0 Å². The molecule has 0 aliphatic rings. The van der Waals surface area contributed by atoms with Crippen molar-refractivity contribution in [2.75, 3.05) is 18.5 Å². The number of carbonyl (C=O) groups is 2. The summed E-state index contributed by atoms with van der Waals surface area (Å²) < 4.78 is 5.51. The first kappa shape index (κ1) is 19.2. The summed E-state index contributed by atoms with van der Waals surface area (Å²) in [5.74, 6) is 0.0597. The molecule has 6 nitrogen and oxygen atoms in total. The van der Waals surface area contributed by atoms with Crippen molar-refractivity contribution in [3.8, 4) is 5.75 Å².